The monoisotopic (exact) mass is 410 g/mol. The molecule has 1 aromatic rings. The number of hydrogen-bond acceptors (Lipinski definition) is 2. The van der Waals surface area contributed by atoms with Crippen LogP contribution in [0.15, 0.2) is 18.2 Å². The van der Waals surface area contributed by atoms with Gasteiger partial charge in [0.25, 0.3) is 0 Å². The highest BCUT2D eigenvalue weighted by molar-refractivity contribution is 14.1. The van der Waals surface area contributed by atoms with Crippen LogP contribution in [0.3, 0.4) is 0 Å². The first-order valence-corrected chi connectivity index (χ1v) is 7.43. The molecule has 0 saturated carbocycles. The van der Waals surface area contributed by atoms with E-state index < -0.39 is 17.5 Å². The summed E-state index contributed by atoms with van der Waals surface area (Å²) in [5.74, 6) is -1.06. The molecule has 0 unspecified atom stereocenters. The number of carboxylic acid groups (broad SMARTS) is 1. The van der Waals surface area contributed by atoms with Crippen LogP contribution in [0.2, 0.25) is 5.02 Å². The lowest BCUT2D eigenvalue weighted by Crippen LogP contribution is -2.54. The van der Waals surface area contributed by atoms with Crippen molar-refractivity contribution in [2.24, 2.45) is 0 Å². The molecule has 5 nitrogen and oxygen atoms in total. The first-order chi connectivity index (χ1) is 9.20. The van der Waals surface area contributed by atoms with Crippen LogP contribution in [0.5, 0.6) is 0 Å². The second-order valence-electron chi connectivity index (χ2n) is 4.66. The van der Waals surface area contributed by atoms with Gasteiger partial charge in [-0.25, -0.2) is 9.59 Å². The molecule has 20 heavy (non-hydrogen) atoms. The smallest absolute Gasteiger partial charge is 0.329 e. The van der Waals surface area contributed by atoms with Gasteiger partial charge in [-0.2, -0.15) is 0 Å². The maximum atomic E-state index is 12.2. The standard InChI is InChI=1S/C13H16ClIN2O3/c1-4-17(13(2,3)11(18)19)12(20)16-10-6-5-8(14)7-9(10)15/h5-7H,4H2,1-3H3,(H,16,20)(H,18,19). The number of benzene rings is 1. The van der Waals surface area contributed by atoms with Crippen molar-refractivity contribution in [3.05, 3.63) is 26.8 Å². The predicted octanol–water partition coefficient (Wildman–Crippen LogP) is 3.66. The highest BCUT2D eigenvalue weighted by Crippen LogP contribution is 2.24. The fourth-order valence-corrected chi connectivity index (χ4v) is 2.69. The number of anilines is 1. The Morgan fingerprint density at radius 1 is 1.45 bits per heavy atom. The molecule has 0 atom stereocenters. The molecule has 0 bridgehead atoms. The van der Waals surface area contributed by atoms with Gasteiger partial charge in [-0.1, -0.05) is 11.6 Å². The Morgan fingerprint density at radius 2 is 2.05 bits per heavy atom. The molecule has 0 spiro atoms. The van der Waals surface area contributed by atoms with Crippen LogP contribution in [0.4, 0.5) is 10.5 Å². The van der Waals surface area contributed by atoms with Crippen LogP contribution in [0.1, 0.15) is 20.8 Å². The maximum Gasteiger partial charge on any atom is 0.329 e. The van der Waals surface area contributed by atoms with Crippen molar-refractivity contribution in [2.45, 2.75) is 26.3 Å². The van der Waals surface area contributed by atoms with Crippen molar-refractivity contribution in [2.75, 3.05) is 11.9 Å². The minimum absolute atomic E-state index is 0.287. The van der Waals surface area contributed by atoms with E-state index in [1.54, 1.807) is 25.1 Å². The summed E-state index contributed by atoms with van der Waals surface area (Å²) in [5, 5.41) is 12.5. The number of halogens is 2. The van der Waals surface area contributed by atoms with Gasteiger partial charge in [0, 0.05) is 15.1 Å². The average molecular weight is 411 g/mol. The Hall–Kier alpha value is -1.02. The van der Waals surface area contributed by atoms with Crippen molar-refractivity contribution < 1.29 is 14.7 Å². The number of nitrogens with zero attached hydrogens (tertiary/aromatic N) is 1. The normalized spacial score (nSPS) is 11.1. The number of carboxylic acids is 1. The van der Waals surface area contributed by atoms with E-state index in [2.05, 4.69) is 27.9 Å². The molecular weight excluding hydrogens is 395 g/mol. The molecule has 0 saturated heterocycles. The van der Waals surface area contributed by atoms with Gasteiger partial charge in [-0.05, 0) is 61.6 Å². The Balaban J connectivity index is 2.96. The number of aliphatic carboxylic acids is 1. The van der Waals surface area contributed by atoms with Gasteiger partial charge in [0.2, 0.25) is 0 Å². The summed E-state index contributed by atoms with van der Waals surface area (Å²) in [5.41, 5.74) is -0.684. The van der Waals surface area contributed by atoms with Crippen LogP contribution in [-0.2, 0) is 4.79 Å². The van der Waals surface area contributed by atoms with Gasteiger partial charge < -0.3 is 15.3 Å². The quantitative estimate of drug-likeness (QED) is 0.744. The van der Waals surface area contributed by atoms with Crippen LogP contribution in [0, 0.1) is 3.57 Å². The first-order valence-electron chi connectivity index (χ1n) is 5.97. The molecule has 110 valence electrons. The number of rotatable bonds is 4. The van der Waals surface area contributed by atoms with Crippen molar-refractivity contribution in [3.63, 3.8) is 0 Å². The molecule has 0 aliphatic heterocycles. The summed E-state index contributed by atoms with van der Waals surface area (Å²) < 4.78 is 0.785. The van der Waals surface area contributed by atoms with E-state index in [1.165, 1.54) is 18.7 Å². The predicted molar refractivity (Wildman–Crippen MR) is 87.3 cm³/mol. The van der Waals surface area contributed by atoms with E-state index >= 15 is 0 Å². The van der Waals surface area contributed by atoms with Gasteiger partial charge >= 0.3 is 12.0 Å². The lowest BCUT2D eigenvalue weighted by molar-refractivity contribution is -0.147. The molecule has 2 N–H and O–H groups in total. The van der Waals surface area contributed by atoms with Crippen LogP contribution >= 0.6 is 34.2 Å². The van der Waals surface area contributed by atoms with E-state index in [0.717, 1.165) is 3.57 Å². The summed E-state index contributed by atoms with van der Waals surface area (Å²) in [6, 6.07) is 4.61. The van der Waals surface area contributed by atoms with Gasteiger partial charge in [0.1, 0.15) is 5.54 Å². The summed E-state index contributed by atoms with van der Waals surface area (Å²) in [7, 11) is 0. The van der Waals surface area contributed by atoms with Crippen molar-refractivity contribution in [1.29, 1.82) is 0 Å². The second-order valence-corrected chi connectivity index (χ2v) is 6.26. The molecule has 7 heteroatoms. The molecular formula is C13H16ClIN2O3. The minimum Gasteiger partial charge on any atom is -0.480 e. The third kappa shape index (κ3) is 3.76. The fourth-order valence-electron chi connectivity index (χ4n) is 1.68. The van der Waals surface area contributed by atoms with Gasteiger partial charge in [-0.3, -0.25) is 0 Å². The molecule has 0 heterocycles. The summed E-state index contributed by atoms with van der Waals surface area (Å²) in [6.45, 7) is 5.00. The number of carbonyl (C=O) groups is 2. The third-order valence-corrected chi connectivity index (χ3v) is 4.06. The highest BCUT2D eigenvalue weighted by atomic mass is 127. The SMILES string of the molecule is CCN(C(=O)Nc1ccc(Cl)cc1I)C(C)(C)C(=O)O. The Kier molecular flexibility index (Phi) is 5.64. The summed E-state index contributed by atoms with van der Waals surface area (Å²) in [6.07, 6.45) is 0. The van der Waals surface area contributed by atoms with Crippen molar-refractivity contribution in [1.82, 2.24) is 4.90 Å². The molecule has 0 fully saturated rings. The molecule has 0 aliphatic rings. The van der Waals surface area contributed by atoms with E-state index in [1.807, 2.05) is 0 Å². The number of hydrogen-bond donors (Lipinski definition) is 2. The average Bonchev–Trinajstić information content (AvgIpc) is 2.33. The highest BCUT2D eigenvalue weighted by Gasteiger charge is 2.37. The van der Waals surface area contributed by atoms with Crippen LogP contribution < -0.4 is 5.32 Å². The Labute approximate surface area is 136 Å². The maximum absolute atomic E-state index is 12.2. The zero-order valence-electron chi connectivity index (χ0n) is 11.4. The van der Waals surface area contributed by atoms with Gasteiger partial charge in [-0.15, -0.1) is 0 Å². The Morgan fingerprint density at radius 3 is 2.50 bits per heavy atom. The lowest BCUT2D eigenvalue weighted by Gasteiger charge is -2.34. The number of likely N-dealkylation sites (N-methyl/N-ethyl adjacent to an activating group) is 1. The summed E-state index contributed by atoms with van der Waals surface area (Å²) in [4.78, 5) is 24.8. The first kappa shape index (κ1) is 17.0. The molecule has 0 aromatic heterocycles. The third-order valence-electron chi connectivity index (χ3n) is 2.93. The molecule has 1 aromatic carbocycles. The van der Waals surface area contributed by atoms with E-state index in [4.69, 9.17) is 11.6 Å². The zero-order chi connectivity index (χ0) is 15.5. The van der Waals surface area contributed by atoms with E-state index in [9.17, 15) is 14.7 Å². The number of carbonyl (C=O) groups excluding carboxylic acids is 1. The van der Waals surface area contributed by atoms with E-state index in [-0.39, 0.29) is 6.54 Å². The second kappa shape index (κ2) is 6.62. The number of amides is 2. The molecule has 0 aliphatic carbocycles. The summed E-state index contributed by atoms with van der Waals surface area (Å²) >= 11 is 7.91. The van der Waals surface area contributed by atoms with Crippen molar-refractivity contribution >= 4 is 51.9 Å². The molecule has 1 rings (SSSR count). The zero-order valence-corrected chi connectivity index (χ0v) is 14.3. The van der Waals surface area contributed by atoms with Crippen LogP contribution in [0.25, 0.3) is 0 Å². The largest absolute Gasteiger partial charge is 0.480 e. The minimum atomic E-state index is -1.28. The van der Waals surface area contributed by atoms with Crippen molar-refractivity contribution in [3.8, 4) is 0 Å². The Bertz CT molecular complexity index is 534. The van der Waals surface area contributed by atoms with Crippen LogP contribution in [-0.4, -0.2) is 34.1 Å². The number of nitrogens with one attached hydrogen (secondary N) is 1. The lowest BCUT2D eigenvalue weighted by atomic mass is 10.0. The number of urea groups is 1. The van der Waals surface area contributed by atoms with Gasteiger partial charge in [0.15, 0.2) is 0 Å². The fraction of sp³-hybridized carbons (Fsp3) is 0.385. The van der Waals surface area contributed by atoms with Gasteiger partial charge in [0.05, 0.1) is 5.69 Å². The topological polar surface area (TPSA) is 69.6 Å². The van der Waals surface area contributed by atoms with E-state index in [0.29, 0.717) is 10.7 Å². The molecule has 2 amide bonds. The molecule has 0 radical (unpaired) electrons.